The van der Waals surface area contributed by atoms with Crippen molar-refractivity contribution in [1.29, 1.82) is 0 Å². The van der Waals surface area contributed by atoms with Gasteiger partial charge in [-0.1, -0.05) is 31.2 Å². The second kappa shape index (κ2) is 3.28. The van der Waals surface area contributed by atoms with Crippen LogP contribution in [0.3, 0.4) is 0 Å². The second-order valence-corrected chi connectivity index (χ2v) is 3.35. The zero-order valence-corrected chi connectivity index (χ0v) is 7.51. The van der Waals surface area contributed by atoms with Gasteiger partial charge in [0.2, 0.25) is 0 Å². The lowest BCUT2D eigenvalue weighted by molar-refractivity contribution is 0.549. The van der Waals surface area contributed by atoms with Gasteiger partial charge in [-0.05, 0) is 30.5 Å². The van der Waals surface area contributed by atoms with Crippen molar-refractivity contribution in [2.24, 2.45) is 0 Å². The average Bonchev–Trinajstić information content (AvgIpc) is 2.50. The summed E-state index contributed by atoms with van der Waals surface area (Å²) in [5.74, 6) is 0. The minimum absolute atomic E-state index is 0.617. The van der Waals surface area contributed by atoms with Crippen molar-refractivity contribution in [2.75, 3.05) is 6.54 Å². The summed E-state index contributed by atoms with van der Waals surface area (Å²) in [6, 6.07) is 9.37. The average molecular weight is 161 g/mol. The van der Waals surface area contributed by atoms with Crippen LogP contribution in [-0.2, 0) is 6.42 Å². The highest BCUT2D eigenvalue weighted by Gasteiger charge is 2.19. The van der Waals surface area contributed by atoms with Crippen molar-refractivity contribution >= 4 is 0 Å². The van der Waals surface area contributed by atoms with Crippen LogP contribution in [0.1, 0.15) is 30.5 Å². The van der Waals surface area contributed by atoms with Gasteiger partial charge in [-0.3, -0.25) is 0 Å². The van der Waals surface area contributed by atoms with E-state index in [1.54, 1.807) is 0 Å². The summed E-state index contributed by atoms with van der Waals surface area (Å²) >= 11 is 0. The molecule has 0 heterocycles. The van der Waals surface area contributed by atoms with Gasteiger partial charge in [-0.2, -0.15) is 0 Å². The second-order valence-electron chi connectivity index (χ2n) is 3.35. The van der Waals surface area contributed by atoms with Crippen molar-refractivity contribution in [2.45, 2.75) is 25.8 Å². The van der Waals surface area contributed by atoms with Crippen molar-refractivity contribution in [3.05, 3.63) is 35.4 Å². The number of fused-ring (bicyclic) bond motifs is 1. The van der Waals surface area contributed by atoms with Crippen LogP contribution < -0.4 is 5.32 Å². The standard InChI is InChI=1S/C11H15N/c1-2-12-11-8-7-9-5-3-4-6-10(9)11/h3-6,11-12H,2,7-8H2,1H3. The Balaban J connectivity index is 2.24. The molecule has 0 saturated heterocycles. The molecule has 2 rings (SSSR count). The maximum absolute atomic E-state index is 3.50. The zero-order chi connectivity index (χ0) is 8.39. The maximum atomic E-state index is 3.50. The van der Waals surface area contributed by atoms with E-state index in [0.717, 1.165) is 6.54 Å². The fourth-order valence-electron chi connectivity index (χ4n) is 2.02. The van der Waals surface area contributed by atoms with Crippen LogP contribution in [0.15, 0.2) is 24.3 Å². The summed E-state index contributed by atoms with van der Waals surface area (Å²) in [5.41, 5.74) is 3.04. The van der Waals surface area contributed by atoms with Gasteiger partial charge in [0, 0.05) is 6.04 Å². The molecule has 1 aliphatic carbocycles. The molecular formula is C11H15N. The van der Waals surface area contributed by atoms with E-state index >= 15 is 0 Å². The fraction of sp³-hybridized carbons (Fsp3) is 0.455. The monoisotopic (exact) mass is 161 g/mol. The van der Waals surface area contributed by atoms with Crippen molar-refractivity contribution in [3.63, 3.8) is 0 Å². The molecule has 1 heteroatoms. The molecular weight excluding hydrogens is 146 g/mol. The molecule has 0 fully saturated rings. The third-order valence-corrected chi connectivity index (χ3v) is 2.58. The van der Waals surface area contributed by atoms with Gasteiger partial charge < -0.3 is 5.32 Å². The molecule has 0 bridgehead atoms. The molecule has 0 spiro atoms. The smallest absolute Gasteiger partial charge is 0.0326 e. The van der Waals surface area contributed by atoms with Gasteiger partial charge in [-0.15, -0.1) is 0 Å². The first kappa shape index (κ1) is 7.81. The molecule has 1 aromatic rings. The number of benzene rings is 1. The van der Waals surface area contributed by atoms with Gasteiger partial charge in [0.05, 0.1) is 0 Å². The van der Waals surface area contributed by atoms with Crippen LogP contribution >= 0.6 is 0 Å². The Morgan fingerprint density at radius 1 is 1.42 bits per heavy atom. The molecule has 64 valence electrons. The summed E-state index contributed by atoms with van der Waals surface area (Å²) in [7, 11) is 0. The van der Waals surface area contributed by atoms with Gasteiger partial charge in [0.1, 0.15) is 0 Å². The van der Waals surface area contributed by atoms with Crippen LogP contribution in [0.4, 0.5) is 0 Å². The topological polar surface area (TPSA) is 12.0 Å². The number of hydrogen-bond donors (Lipinski definition) is 1. The van der Waals surface area contributed by atoms with Crippen LogP contribution in [0.5, 0.6) is 0 Å². The van der Waals surface area contributed by atoms with E-state index in [1.807, 2.05) is 0 Å². The third-order valence-electron chi connectivity index (χ3n) is 2.58. The number of nitrogens with one attached hydrogen (secondary N) is 1. The molecule has 12 heavy (non-hydrogen) atoms. The Bertz CT molecular complexity index is 265. The molecule has 1 unspecified atom stereocenters. The SMILES string of the molecule is CCNC1CCc2ccccc21. The van der Waals surface area contributed by atoms with Gasteiger partial charge in [-0.25, -0.2) is 0 Å². The van der Waals surface area contributed by atoms with Gasteiger partial charge in [0.15, 0.2) is 0 Å². The Morgan fingerprint density at radius 2 is 2.25 bits per heavy atom. The molecule has 0 radical (unpaired) electrons. The van der Waals surface area contributed by atoms with E-state index in [9.17, 15) is 0 Å². The minimum Gasteiger partial charge on any atom is -0.310 e. The zero-order valence-electron chi connectivity index (χ0n) is 7.51. The lowest BCUT2D eigenvalue weighted by atomic mass is 10.1. The number of rotatable bonds is 2. The number of aryl methyl sites for hydroxylation is 1. The number of hydrogen-bond acceptors (Lipinski definition) is 1. The lowest BCUT2D eigenvalue weighted by Crippen LogP contribution is -2.18. The summed E-state index contributed by atoms with van der Waals surface area (Å²) in [4.78, 5) is 0. The minimum atomic E-state index is 0.617. The molecule has 1 aromatic carbocycles. The molecule has 1 nitrogen and oxygen atoms in total. The Kier molecular flexibility index (Phi) is 2.13. The van der Waals surface area contributed by atoms with Crippen molar-refractivity contribution < 1.29 is 0 Å². The predicted octanol–water partition coefficient (Wildman–Crippen LogP) is 2.28. The van der Waals surface area contributed by atoms with Crippen LogP contribution in [0.25, 0.3) is 0 Å². The largest absolute Gasteiger partial charge is 0.310 e. The summed E-state index contributed by atoms with van der Waals surface area (Å²) in [6.07, 6.45) is 2.51. The molecule has 1 N–H and O–H groups in total. The lowest BCUT2D eigenvalue weighted by Gasteiger charge is -2.11. The van der Waals surface area contributed by atoms with E-state index in [-0.39, 0.29) is 0 Å². The van der Waals surface area contributed by atoms with E-state index in [0.29, 0.717) is 6.04 Å². The summed E-state index contributed by atoms with van der Waals surface area (Å²) in [5, 5.41) is 3.50. The normalized spacial score (nSPS) is 20.9. The quantitative estimate of drug-likeness (QED) is 0.701. The fourth-order valence-corrected chi connectivity index (χ4v) is 2.02. The van der Waals surface area contributed by atoms with E-state index in [2.05, 4.69) is 36.5 Å². The summed E-state index contributed by atoms with van der Waals surface area (Å²) in [6.45, 7) is 3.24. The Labute approximate surface area is 73.8 Å². The Morgan fingerprint density at radius 3 is 3.08 bits per heavy atom. The maximum Gasteiger partial charge on any atom is 0.0326 e. The van der Waals surface area contributed by atoms with Crippen molar-refractivity contribution in [1.82, 2.24) is 5.32 Å². The molecule has 0 aromatic heterocycles. The molecule has 0 amide bonds. The summed E-state index contributed by atoms with van der Waals surface area (Å²) < 4.78 is 0. The first-order valence-electron chi connectivity index (χ1n) is 4.73. The van der Waals surface area contributed by atoms with Gasteiger partial charge >= 0.3 is 0 Å². The Hall–Kier alpha value is -0.820. The molecule has 1 atom stereocenters. The highest BCUT2D eigenvalue weighted by atomic mass is 14.9. The van der Waals surface area contributed by atoms with Crippen LogP contribution in [0.2, 0.25) is 0 Å². The molecule has 0 aliphatic heterocycles. The first-order chi connectivity index (χ1) is 5.92. The first-order valence-corrected chi connectivity index (χ1v) is 4.73. The van der Waals surface area contributed by atoms with E-state index in [1.165, 1.54) is 24.0 Å². The van der Waals surface area contributed by atoms with Crippen LogP contribution in [-0.4, -0.2) is 6.54 Å². The molecule has 1 aliphatic rings. The highest BCUT2D eigenvalue weighted by Crippen LogP contribution is 2.30. The third kappa shape index (κ3) is 1.25. The van der Waals surface area contributed by atoms with Crippen molar-refractivity contribution in [3.8, 4) is 0 Å². The molecule has 0 saturated carbocycles. The highest BCUT2D eigenvalue weighted by molar-refractivity contribution is 5.34. The van der Waals surface area contributed by atoms with Gasteiger partial charge in [0.25, 0.3) is 0 Å². The van der Waals surface area contributed by atoms with E-state index < -0.39 is 0 Å². The predicted molar refractivity (Wildman–Crippen MR) is 51.2 cm³/mol. The van der Waals surface area contributed by atoms with Crippen LogP contribution in [0, 0.1) is 0 Å². The van der Waals surface area contributed by atoms with E-state index in [4.69, 9.17) is 0 Å².